The van der Waals surface area contributed by atoms with Gasteiger partial charge in [-0.25, -0.2) is 14.4 Å². The van der Waals surface area contributed by atoms with Crippen molar-refractivity contribution >= 4 is 11.7 Å². The van der Waals surface area contributed by atoms with Crippen molar-refractivity contribution in [2.45, 2.75) is 60.1 Å². The van der Waals surface area contributed by atoms with E-state index in [9.17, 15) is 9.18 Å². The largest absolute Gasteiger partial charge is 0.488 e. The highest BCUT2D eigenvalue weighted by molar-refractivity contribution is 5.76. The van der Waals surface area contributed by atoms with Gasteiger partial charge < -0.3 is 15.4 Å². The van der Waals surface area contributed by atoms with Gasteiger partial charge in [-0.05, 0) is 62.9 Å². The van der Waals surface area contributed by atoms with Gasteiger partial charge >= 0.3 is 0 Å². The molecule has 0 spiro atoms. The lowest BCUT2D eigenvalue weighted by atomic mass is 10.0. The highest BCUT2D eigenvalue weighted by Gasteiger charge is 2.28. The average molecular weight is 520 g/mol. The number of benzene rings is 2. The Kier molecular flexibility index (Phi) is 8.31. The van der Waals surface area contributed by atoms with E-state index in [2.05, 4.69) is 48.8 Å². The predicted octanol–water partition coefficient (Wildman–Crippen LogP) is 4.91. The summed E-state index contributed by atoms with van der Waals surface area (Å²) in [6, 6.07) is 11.4. The average Bonchev–Trinajstić information content (AvgIpc) is 2.86. The molecule has 1 unspecified atom stereocenters. The molecule has 2 N–H and O–H groups in total. The zero-order chi connectivity index (χ0) is 27.6. The number of aryl methyl sites for hydroxylation is 3. The smallest absolute Gasteiger partial charge is 0.231 e. The maximum absolute atomic E-state index is 14.8. The van der Waals surface area contributed by atoms with E-state index in [1.165, 1.54) is 11.6 Å². The first-order valence-corrected chi connectivity index (χ1v) is 13.2. The fourth-order valence-corrected chi connectivity index (χ4v) is 4.85. The van der Waals surface area contributed by atoms with Gasteiger partial charge in [-0.2, -0.15) is 0 Å². The summed E-state index contributed by atoms with van der Waals surface area (Å²) in [5, 5.41) is 0. The second-order valence-corrected chi connectivity index (χ2v) is 10.6. The van der Waals surface area contributed by atoms with Crippen molar-refractivity contribution in [3.05, 3.63) is 70.2 Å². The topological polar surface area (TPSA) is 84.6 Å². The number of amides is 1. The van der Waals surface area contributed by atoms with Crippen LogP contribution in [-0.2, 0) is 11.4 Å². The first-order chi connectivity index (χ1) is 18.0. The molecular weight excluding hydrogens is 481 g/mol. The summed E-state index contributed by atoms with van der Waals surface area (Å²) in [5.41, 5.74) is 10.7. The Morgan fingerprint density at radius 1 is 1.13 bits per heavy atom. The molecule has 3 aromatic rings. The lowest BCUT2D eigenvalue weighted by Gasteiger charge is -2.40. The van der Waals surface area contributed by atoms with E-state index in [0.717, 1.165) is 34.0 Å². The van der Waals surface area contributed by atoms with Crippen LogP contribution in [0.3, 0.4) is 0 Å². The van der Waals surface area contributed by atoms with Gasteiger partial charge in [0.2, 0.25) is 5.91 Å². The third-order valence-electron chi connectivity index (χ3n) is 7.23. The van der Waals surface area contributed by atoms with Gasteiger partial charge in [0.15, 0.2) is 5.82 Å². The van der Waals surface area contributed by atoms with Crippen LogP contribution in [-0.4, -0.2) is 53.0 Å². The summed E-state index contributed by atoms with van der Waals surface area (Å²) in [5.74, 6) is 1.61. The minimum Gasteiger partial charge on any atom is -0.488 e. The Balaban J connectivity index is 1.72. The van der Waals surface area contributed by atoms with Crippen molar-refractivity contribution in [2.75, 3.05) is 31.1 Å². The number of nitrogens with two attached hydrogens (primary N) is 1. The van der Waals surface area contributed by atoms with Crippen molar-refractivity contribution in [1.82, 2.24) is 14.9 Å². The molecule has 2 heterocycles. The minimum atomic E-state index is -0.356. The Morgan fingerprint density at radius 3 is 2.58 bits per heavy atom. The van der Waals surface area contributed by atoms with E-state index in [1.807, 2.05) is 20.8 Å². The number of aromatic nitrogens is 2. The van der Waals surface area contributed by atoms with E-state index in [0.29, 0.717) is 36.9 Å². The number of rotatable bonds is 8. The van der Waals surface area contributed by atoms with Crippen LogP contribution in [0, 0.1) is 26.6 Å². The molecule has 1 aromatic heterocycles. The summed E-state index contributed by atoms with van der Waals surface area (Å²) in [4.78, 5) is 25.4. The molecule has 1 amide bonds. The number of hydrogen-bond donors (Lipinski definition) is 1. The normalized spacial score (nSPS) is 16.2. The zero-order valence-electron chi connectivity index (χ0n) is 23.2. The summed E-state index contributed by atoms with van der Waals surface area (Å²) in [6.45, 7) is 14.7. The van der Waals surface area contributed by atoms with Crippen molar-refractivity contribution in [3.8, 4) is 17.1 Å². The molecule has 1 atom stereocenters. The maximum Gasteiger partial charge on any atom is 0.231 e. The van der Waals surface area contributed by atoms with Gasteiger partial charge in [0.25, 0.3) is 0 Å². The van der Waals surface area contributed by atoms with Gasteiger partial charge in [0.05, 0.1) is 23.4 Å². The number of hydrogen-bond acceptors (Lipinski definition) is 6. The molecule has 7 nitrogen and oxygen atoms in total. The molecule has 38 heavy (non-hydrogen) atoms. The standard InChI is InChI=1S/C30H38FN5O2/c1-18(2)23-9-8-20(4)27(14-23)38-17-25-22(6)33-29(24-13-19(3)7-10-26(24)31)34-30(25)36-12-11-35(16-28(32)37)21(5)15-36/h7-10,13-14,18,21H,11-12,15-17H2,1-6H3,(H2,32,37). The quantitative estimate of drug-likeness (QED) is 0.455. The summed E-state index contributed by atoms with van der Waals surface area (Å²) < 4.78 is 21.2. The van der Waals surface area contributed by atoms with Crippen molar-refractivity contribution in [2.24, 2.45) is 5.73 Å². The fourth-order valence-electron chi connectivity index (χ4n) is 4.85. The van der Waals surface area contributed by atoms with E-state index in [1.54, 1.807) is 12.1 Å². The molecule has 0 radical (unpaired) electrons. The first-order valence-electron chi connectivity index (χ1n) is 13.2. The minimum absolute atomic E-state index is 0.0874. The second-order valence-electron chi connectivity index (χ2n) is 10.6. The van der Waals surface area contributed by atoms with Crippen LogP contribution in [0.15, 0.2) is 36.4 Å². The predicted molar refractivity (Wildman–Crippen MR) is 149 cm³/mol. The van der Waals surface area contributed by atoms with Crippen LogP contribution in [0.25, 0.3) is 11.4 Å². The monoisotopic (exact) mass is 519 g/mol. The molecule has 0 aliphatic carbocycles. The summed E-state index contributed by atoms with van der Waals surface area (Å²) in [6.07, 6.45) is 0. The number of ether oxygens (including phenoxy) is 1. The van der Waals surface area contributed by atoms with Crippen LogP contribution in [0.1, 0.15) is 54.6 Å². The fraction of sp³-hybridized carbons (Fsp3) is 0.433. The Bertz CT molecular complexity index is 1330. The SMILES string of the molecule is Cc1ccc(F)c(-c2nc(C)c(COc3cc(C(C)C)ccc3C)c(N3CCN(CC(N)=O)C(C)C3)n2)c1. The molecular formula is C30H38FN5O2. The second kappa shape index (κ2) is 11.5. The lowest BCUT2D eigenvalue weighted by molar-refractivity contribution is -0.119. The van der Waals surface area contributed by atoms with Crippen LogP contribution >= 0.6 is 0 Å². The van der Waals surface area contributed by atoms with Crippen LogP contribution in [0.5, 0.6) is 5.75 Å². The van der Waals surface area contributed by atoms with E-state index >= 15 is 0 Å². The van der Waals surface area contributed by atoms with Gasteiger partial charge in [-0.15, -0.1) is 0 Å². The lowest BCUT2D eigenvalue weighted by Crippen LogP contribution is -2.54. The molecule has 8 heteroatoms. The Morgan fingerprint density at radius 2 is 1.89 bits per heavy atom. The third-order valence-corrected chi connectivity index (χ3v) is 7.23. The van der Waals surface area contributed by atoms with Gasteiger partial charge in [0.1, 0.15) is 24.0 Å². The maximum atomic E-state index is 14.8. The Labute approximate surface area is 224 Å². The Hall–Kier alpha value is -3.52. The molecule has 1 fully saturated rings. The van der Waals surface area contributed by atoms with Crippen LogP contribution < -0.4 is 15.4 Å². The number of nitrogens with zero attached hydrogens (tertiary/aromatic N) is 4. The molecule has 1 aliphatic heterocycles. The highest BCUT2D eigenvalue weighted by atomic mass is 19.1. The number of primary amides is 1. The highest BCUT2D eigenvalue weighted by Crippen LogP contribution is 2.31. The van der Waals surface area contributed by atoms with Crippen molar-refractivity contribution in [3.63, 3.8) is 0 Å². The van der Waals surface area contributed by atoms with Crippen molar-refractivity contribution in [1.29, 1.82) is 0 Å². The summed E-state index contributed by atoms with van der Waals surface area (Å²) >= 11 is 0. The van der Waals surface area contributed by atoms with Crippen molar-refractivity contribution < 1.29 is 13.9 Å². The number of anilines is 1. The third kappa shape index (κ3) is 6.13. The molecule has 4 rings (SSSR count). The molecule has 2 aromatic carbocycles. The van der Waals surface area contributed by atoms with Gasteiger partial charge in [-0.3, -0.25) is 9.69 Å². The molecule has 0 bridgehead atoms. The van der Waals surface area contributed by atoms with Gasteiger partial charge in [0, 0.05) is 25.7 Å². The molecule has 0 saturated carbocycles. The zero-order valence-corrected chi connectivity index (χ0v) is 23.2. The number of carbonyl (C=O) groups excluding carboxylic acids is 1. The van der Waals surface area contributed by atoms with Crippen LogP contribution in [0.4, 0.5) is 10.2 Å². The first kappa shape index (κ1) is 27.5. The summed E-state index contributed by atoms with van der Waals surface area (Å²) in [7, 11) is 0. The van der Waals surface area contributed by atoms with E-state index in [-0.39, 0.29) is 30.9 Å². The van der Waals surface area contributed by atoms with E-state index in [4.69, 9.17) is 20.4 Å². The molecule has 202 valence electrons. The molecule has 1 saturated heterocycles. The number of carbonyl (C=O) groups is 1. The molecule has 1 aliphatic rings. The van der Waals surface area contributed by atoms with E-state index < -0.39 is 0 Å². The van der Waals surface area contributed by atoms with Gasteiger partial charge in [-0.1, -0.05) is 37.6 Å². The number of halogens is 1. The number of piperazine rings is 1. The van der Waals surface area contributed by atoms with Crippen LogP contribution in [0.2, 0.25) is 0 Å².